The van der Waals surface area contributed by atoms with E-state index in [1.54, 1.807) is 0 Å². The van der Waals surface area contributed by atoms with Crippen LogP contribution in [0.1, 0.15) is 0 Å². The molecule has 1 aromatic carbocycles. The van der Waals surface area contributed by atoms with Crippen molar-refractivity contribution < 1.29 is 12.9 Å². The van der Waals surface area contributed by atoms with Gasteiger partial charge in [0.25, 0.3) is 10.0 Å². The Morgan fingerprint density at radius 3 is 2.17 bits per heavy atom. The first-order valence-electron chi connectivity index (χ1n) is 2.94. The van der Waals surface area contributed by atoms with Crippen LogP contribution in [0.15, 0.2) is 33.6 Å². The van der Waals surface area contributed by atoms with E-state index in [1.165, 1.54) is 24.3 Å². The smallest absolute Gasteiger partial charge is 0.205 e. The fraction of sp³-hybridized carbons (Fsp3) is 0. The van der Waals surface area contributed by atoms with Gasteiger partial charge in [-0.05, 0) is 29.2 Å². The van der Waals surface area contributed by atoms with Gasteiger partial charge in [0.15, 0.2) is 0 Å². The van der Waals surface area contributed by atoms with Crippen LogP contribution in [-0.2, 0) is 10.0 Å². The lowest BCUT2D eigenvalue weighted by atomic mass is 10.4. The molecular formula is C6H5BrFNO2S. The van der Waals surface area contributed by atoms with E-state index in [1.807, 2.05) is 0 Å². The van der Waals surface area contributed by atoms with Gasteiger partial charge in [0.2, 0.25) is 0 Å². The largest absolute Gasteiger partial charge is 0.266 e. The van der Waals surface area contributed by atoms with Crippen molar-refractivity contribution in [1.82, 2.24) is 4.94 Å². The predicted octanol–water partition coefficient (Wildman–Crippen LogP) is 1.61. The van der Waals surface area contributed by atoms with Crippen molar-refractivity contribution in [3.05, 3.63) is 28.7 Å². The third-order valence-electron chi connectivity index (χ3n) is 1.23. The monoisotopic (exact) mass is 253 g/mol. The van der Waals surface area contributed by atoms with Crippen molar-refractivity contribution in [1.29, 1.82) is 0 Å². The lowest BCUT2D eigenvalue weighted by molar-refractivity contribution is 0.425. The molecule has 0 atom stereocenters. The Balaban J connectivity index is 3.14. The van der Waals surface area contributed by atoms with Gasteiger partial charge in [-0.1, -0.05) is 15.9 Å². The summed E-state index contributed by atoms with van der Waals surface area (Å²) in [7, 11) is -3.95. The van der Waals surface area contributed by atoms with Gasteiger partial charge >= 0.3 is 0 Å². The highest BCUT2D eigenvalue weighted by Crippen LogP contribution is 2.14. The first kappa shape index (κ1) is 9.63. The molecule has 0 heterocycles. The Kier molecular flexibility index (Phi) is 2.81. The normalized spacial score (nSPS) is 11.5. The molecule has 1 aromatic rings. The molecule has 0 amide bonds. The third-order valence-corrected chi connectivity index (χ3v) is 2.85. The topological polar surface area (TPSA) is 46.2 Å². The van der Waals surface area contributed by atoms with E-state index in [4.69, 9.17) is 0 Å². The van der Waals surface area contributed by atoms with Crippen LogP contribution in [0.25, 0.3) is 0 Å². The van der Waals surface area contributed by atoms with Gasteiger partial charge in [0.05, 0.1) is 4.90 Å². The summed E-state index contributed by atoms with van der Waals surface area (Å²) in [6.07, 6.45) is 0. The minimum absolute atomic E-state index is 0.104. The first-order valence-corrected chi connectivity index (χ1v) is 5.22. The van der Waals surface area contributed by atoms with Gasteiger partial charge in [0, 0.05) is 4.47 Å². The second-order valence-electron chi connectivity index (χ2n) is 2.03. The highest BCUT2D eigenvalue weighted by Gasteiger charge is 2.11. The highest BCUT2D eigenvalue weighted by molar-refractivity contribution is 9.10. The van der Waals surface area contributed by atoms with Crippen LogP contribution < -0.4 is 4.94 Å². The number of sulfonamides is 1. The van der Waals surface area contributed by atoms with Crippen LogP contribution in [0, 0.1) is 0 Å². The Morgan fingerprint density at radius 2 is 1.75 bits per heavy atom. The number of halogens is 2. The molecule has 3 nitrogen and oxygen atoms in total. The van der Waals surface area contributed by atoms with Crippen LogP contribution in [-0.4, -0.2) is 8.42 Å². The average Bonchev–Trinajstić information content (AvgIpc) is 2.05. The fourth-order valence-corrected chi connectivity index (χ4v) is 1.51. The van der Waals surface area contributed by atoms with Crippen LogP contribution in [0.2, 0.25) is 0 Å². The number of nitrogens with one attached hydrogen (secondary N) is 1. The van der Waals surface area contributed by atoms with Crippen molar-refractivity contribution in [2.75, 3.05) is 0 Å². The van der Waals surface area contributed by atoms with Gasteiger partial charge in [-0.25, -0.2) is 8.42 Å². The molecule has 0 spiro atoms. The van der Waals surface area contributed by atoms with Crippen molar-refractivity contribution in [3.8, 4) is 0 Å². The standard InChI is InChI=1S/C6H5BrFNO2S/c7-5-1-3-6(4-2-5)12(10,11)9-8/h1-4,9H. The highest BCUT2D eigenvalue weighted by atomic mass is 79.9. The van der Waals surface area contributed by atoms with Gasteiger partial charge in [-0.2, -0.15) is 0 Å². The zero-order chi connectivity index (χ0) is 9.19. The molecular weight excluding hydrogens is 249 g/mol. The zero-order valence-corrected chi connectivity index (χ0v) is 8.19. The van der Waals surface area contributed by atoms with E-state index in [0.29, 0.717) is 0 Å². The van der Waals surface area contributed by atoms with Crippen LogP contribution in [0.5, 0.6) is 0 Å². The number of rotatable bonds is 2. The molecule has 0 radical (unpaired) electrons. The van der Waals surface area contributed by atoms with Crippen molar-refractivity contribution >= 4 is 26.0 Å². The second-order valence-corrected chi connectivity index (χ2v) is 4.58. The van der Waals surface area contributed by atoms with E-state index >= 15 is 0 Å². The molecule has 66 valence electrons. The molecule has 0 aliphatic rings. The van der Waals surface area contributed by atoms with E-state index in [0.717, 1.165) is 9.42 Å². The molecule has 0 unspecified atom stereocenters. The minimum atomic E-state index is -3.95. The summed E-state index contributed by atoms with van der Waals surface area (Å²) in [5.41, 5.74) is 0. The number of hydrogen-bond acceptors (Lipinski definition) is 2. The van der Waals surface area contributed by atoms with Gasteiger partial charge < -0.3 is 0 Å². The number of hydrogen-bond donors (Lipinski definition) is 1. The Bertz CT molecular complexity index is 362. The lowest BCUT2D eigenvalue weighted by Gasteiger charge is -1.98. The molecule has 1 N–H and O–H groups in total. The zero-order valence-electron chi connectivity index (χ0n) is 5.79. The summed E-state index contributed by atoms with van der Waals surface area (Å²) in [5.74, 6) is 0. The molecule has 0 saturated carbocycles. The Hall–Kier alpha value is -0.460. The predicted molar refractivity (Wildman–Crippen MR) is 45.6 cm³/mol. The van der Waals surface area contributed by atoms with E-state index in [2.05, 4.69) is 15.9 Å². The molecule has 6 heteroatoms. The summed E-state index contributed by atoms with van der Waals surface area (Å²) in [5, 5.41) is 0. The Morgan fingerprint density at radius 1 is 1.25 bits per heavy atom. The molecule has 0 aliphatic carbocycles. The molecule has 0 aliphatic heterocycles. The molecule has 0 fully saturated rings. The van der Waals surface area contributed by atoms with Gasteiger partial charge in [-0.3, -0.25) is 0 Å². The van der Waals surface area contributed by atoms with E-state index in [-0.39, 0.29) is 4.90 Å². The maximum atomic E-state index is 11.7. The van der Waals surface area contributed by atoms with E-state index < -0.39 is 10.0 Å². The summed E-state index contributed by atoms with van der Waals surface area (Å²) < 4.78 is 34.1. The van der Waals surface area contributed by atoms with Crippen molar-refractivity contribution in [3.63, 3.8) is 0 Å². The summed E-state index contributed by atoms with van der Waals surface area (Å²) in [6, 6.07) is 5.63. The van der Waals surface area contributed by atoms with Crippen LogP contribution >= 0.6 is 15.9 Å². The molecule has 0 aromatic heterocycles. The molecule has 0 saturated heterocycles. The van der Waals surface area contributed by atoms with Crippen LogP contribution in [0.3, 0.4) is 0 Å². The third kappa shape index (κ3) is 2.02. The lowest BCUT2D eigenvalue weighted by Crippen LogP contribution is -2.14. The SMILES string of the molecule is O=S(=O)(NF)c1ccc(Br)cc1. The molecule has 1 rings (SSSR count). The fourth-order valence-electron chi connectivity index (χ4n) is 0.658. The van der Waals surface area contributed by atoms with Gasteiger partial charge in [0.1, 0.15) is 0 Å². The number of benzene rings is 1. The molecule has 0 bridgehead atoms. The average molecular weight is 254 g/mol. The van der Waals surface area contributed by atoms with Crippen molar-refractivity contribution in [2.45, 2.75) is 4.90 Å². The second kappa shape index (κ2) is 3.51. The summed E-state index contributed by atoms with van der Waals surface area (Å²) >= 11 is 3.13. The quantitative estimate of drug-likeness (QED) is 0.815. The van der Waals surface area contributed by atoms with Gasteiger partial charge in [-0.15, -0.1) is 4.48 Å². The minimum Gasteiger partial charge on any atom is -0.205 e. The first-order chi connectivity index (χ1) is 5.56. The maximum Gasteiger partial charge on any atom is 0.266 e. The molecule has 12 heavy (non-hydrogen) atoms. The Labute approximate surface area is 77.7 Å². The van der Waals surface area contributed by atoms with E-state index in [9.17, 15) is 12.9 Å². The van der Waals surface area contributed by atoms with Crippen molar-refractivity contribution in [2.24, 2.45) is 0 Å². The maximum absolute atomic E-state index is 11.7. The van der Waals surface area contributed by atoms with Crippen LogP contribution in [0.4, 0.5) is 4.48 Å². The summed E-state index contributed by atoms with van der Waals surface area (Å²) in [4.78, 5) is 0.630. The summed E-state index contributed by atoms with van der Waals surface area (Å²) in [6.45, 7) is 0.